The van der Waals surface area contributed by atoms with Gasteiger partial charge in [0.1, 0.15) is 6.61 Å². The Balaban J connectivity index is 3.78. The number of phosphoric ester groups is 1. The second kappa shape index (κ2) is 72.5. The number of ether oxygens (including phenoxy) is 2. The highest BCUT2D eigenvalue weighted by Gasteiger charge is 2.26. The van der Waals surface area contributed by atoms with Gasteiger partial charge in [-0.2, -0.15) is 0 Å². The molecule has 0 bridgehead atoms. The van der Waals surface area contributed by atoms with Crippen LogP contribution in [-0.4, -0.2) is 49.3 Å². The molecule has 0 aliphatic heterocycles. The van der Waals surface area contributed by atoms with Gasteiger partial charge in [-0.15, -0.1) is 0 Å². The van der Waals surface area contributed by atoms with Gasteiger partial charge in [0.2, 0.25) is 0 Å². The molecule has 0 aromatic carbocycles. The maximum absolute atomic E-state index is 12.8. The molecule has 0 heterocycles. The van der Waals surface area contributed by atoms with Crippen molar-refractivity contribution in [1.29, 1.82) is 0 Å². The van der Waals surface area contributed by atoms with Crippen molar-refractivity contribution >= 4 is 19.8 Å². The first-order valence-electron chi connectivity index (χ1n) is 37.4. The van der Waals surface area contributed by atoms with Crippen LogP contribution in [-0.2, 0) is 32.7 Å². The van der Waals surface area contributed by atoms with Crippen molar-refractivity contribution in [1.82, 2.24) is 0 Å². The predicted octanol–water partition coefficient (Wildman–Crippen LogP) is 24.8. The predicted molar refractivity (Wildman–Crippen MR) is 376 cm³/mol. The summed E-state index contributed by atoms with van der Waals surface area (Å²) in [4.78, 5) is 35.4. The highest BCUT2D eigenvalue weighted by molar-refractivity contribution is 7.47. The molecule has 10 heteroatoms. The molecular formula is C77H142NO8P. The van der Waals surface area contributed by atoms with Crippen LogP contribution in [0.15, 0.2) is 72.9 Å². The lowest BCUT2D eigenvalue weighted by Gasteiger charge is -2.19. The number of hydrogen-bond acceptors (Lipinski definition) is 8. The van der Waals surface area contributed by atoms with Crippen molar-refractivity contribution in [3.8, 4) is 0 Å². The van der Waals surface area contributed by atoms with E-state index in [1.807, 2.05) is 0 Å². The summed E-state index contributed by atoms with van der Waals surface area (Å²) in [6.07, 6.45) is 95.9. The van der Waals surface area contributed by atoms with Gasteiger partial charge in [0.15, 0.2) is 6.10 Å². The van der Waals surface area contributed by atoms with Crippen molar-refractivity contribution in [3.63, 3.8) is 0 Å². The molecule has 0 amide bonds. The maximum atomic E-state index is 12.8. The van der Waals surface area contributed by atoms with Gasteiger partial charge in [-0.25, -0.2) is 4.57 Å². The summed E-state index contributed by atoms with van der Waals surface area (Å²) in [5.74, 6) is -0.805. The summed E-state index contributed by atoms with van der Waals surface area (Å²) in [5.41, 5.74) is 5.41. The Bertz CT molecular complexity index is 1660. The molecule has 0 aliphatic rings. The third-order valence-electron chi connectivity index (χ3n) is 16.6. The Labute approximate surface area is 539 Å². The quantitative estimate of drug-likeness (QED) is 0.0264. The van der Waals surface area contributed by atoms with E-state index < -0.39 is 26.5 Å². The fourth-order valence-corrected chi connectivity index (χ4v) is 11.9. The van der Waals surface area contributed by atoms with E-state index >= 15 is 0 Å². The van der Waals surface area contributed by atoms with E-state index in [0.717, 1.165) is 70.6 Å². The number of rotatable bonds is 71. The van der Waals surface area contributed by atoms with Crippen LogP contribution in [0.4, 0.5) is 0 Å². The zero-order valence-corrected chi connectivity index (χ0v) is 58.2. The minimum absolute atomic E-state index is 0.0553. The third-order valence-corrected chi connectivity index (χ3v) is 17.6. The van der Waals surface area contributed by atoms with Gasteiger partial charge in [-0.05, 0) is 64.2 Å². The topological polar surface area (TPSA) is 134 Å². The maximum Gasteiger partial charge on any atom is 0.472 e. The average molecular weight is 1240 g/mol. The van der Waals surface area contributed by atoms with Crippen molar-refractivity contribution in [3.05, 3.63) is 72.9 Å². The molecule has 2 unspecified atom stereocenters. The zero-order valence-electron chi connectivity index (χ0n) is 57.3. The fraction of sp³-hybridized carbons (Fsp3) is 0.818. The summed E-state index contributed by atoms with van der Waals surface area (Å²) in [7, 11) is -4.39. The van der Waals surface area contributed by atoms with Crippen LogP contribution in [0.25, 0.3) is 0 Å². The summed E-state index contributed by atoms with van der Waals surface area (Å²) in [6.45, 7) is 3.70. The molecular weight excluding hydrogens is 1100 g/mol. The molecule has 0 spiro atoms. The van der Waals surface area contributed by atoms with Gasteiger partial charge in [0, 0.05) is 19.4 Å². The molecule has 0 aliphatic carbocycles. The number of carbonyl (C=O) groups is 2. The standard InChI is InChI=1S/C77H142NO8P/c1-3-5-7-9-11-13-15-17-19-21-23-25-27-29-30-31-32-33-34-35-36-37-38-39-40-41-42-43-44-46-48-50-52-54-56-58-60-62-64-66-68-70-77(80)86-75(74-85-87(81,82)84-72-71-78)73-83-76(79)69-67-65-63-61-59-57-55-53-51-49-47-45-28-26-24-22-20-18-16-14-12-10-8-6-4-2/h5,7,11,13,17,19,23,25,29-30,32-33,75H,3-4,6,8-10,12,14-16,18,20-22,24,26-28,31,34-74,78H2,1-2H3,(H,81,82)/b7-5-,13-11-,19-17-,25-23-,30-29-,33-32-. The first-order valence-corrected chi connectivity index (χ1v) is 38.9. The smallest absolute Gasteiger partial charge is 0.462 e. The van der Waals surface area contributed by atoms with Crippen molar-refractivity contribution in [2.45, 2.75) is 380 Å². The number of hydrogen-bond donors (Lipinski definition) is 2. The molecule has 0 saturated carbocycles. The Morgan fingerprint density at radius 3 is 0.943 bits per heavy atom. The third kappa shape index (κ3) is 72.4. The Kier molecular flexibility index (Phi) is 70.4. The lowest BCUT2D eigenvalue weighted by Crippen LogP contribution is -2.29. The first-order chi connectivity index (χ1) is 42.8. The van der Waals surface area contributed by atoms with Gasteiger partial charge in [-0.1, -0.05) is 369 Å². The summed E-state index contributed by atoms with van der Waals surface area (Å²) in [5, 5.41) is 0. The highest BCUT2D eigenvalue weighted by atomic mass is 31.2. The van der Waals surface area contributed by atoms with Crippen LogP contribution in [0.1, 0.15) is 373 Å². The van der Waals surface area contributed by atoms with Crippen molar-refractivity contribution in [2.75, 3.05) is 26.4 Å². The summed E-state index contributed by atoms with van der Waals surface area (Å²) < 4.78 is 33.2. The molecule has 0 saturated heterocycles. The molecule has 0 rings (SSSR count). The minimum Gasteiger partial charge on any atom is -0.462 e. The molecule has 3 N–H and O–H groups in total. The van der Waals surface area contributed by atoms with E-state index in [9.17, 15) is 19.0 Å². The van der Waals surface area contributed by atoms with E-state index in [-0.39, 0.29) is 38.6 Å². The number of unbranched alkanes of at least 4 members (excludes halogenated alkanes) is 46. The van der Waals surface area contributed by atoms with E-state index in [1.165, 1.54) is 270 Å². The van der Waals surface area contributed by atoms with Crippen LogP contribution >= 0.6 is 7.82 Å². The molecule has 87 heavy (non-hydrogen) atoms. The molecule has 9 nitrogen and oxygen atoms in total. The van der Waals surface area contributed by atoms with Crippen LogP contribution in [0, 0.1) is 0 Å². The van der Waals surface area contributed by atoms with Crippen LogP contribution < -0.4 is 5.73 Å². The minimum atomic E-state index is -4.39. The number of allylic oxidation sites excluding steroid dienone is 12. The second-order valence-corrected chi connectivity index (χ2v) is 26.6. The van der Waals surface area contributed by atoms with Gasteiger partial charge >= 0.3 is 19.8 Å². The number of nitrogens with two attached hydrogens (primary N) is 1. The fourth-order valence-electron chi connectivity index (χ4n) is 11.1. The molecule has 2 atom stereocenters. The summed E-state index contributed by atoms with van der Waals surface area (Å²) >= 11 is 0. The monoisotopic (exact) mass is 1240 g/mol. The second-order valence-electron chi connectivity index (χ2n) is 25.1. The van der Waals surface area contributed by atoms with Gasteiger partial charge in [0.05, 0.1) is 13.2 Å². The zero-order chi connectivity index (χ0) is 63.0. The average Bonchev–Trinajstić information content (AvgIpc) is 3.65. The van der Waals surface area contributed by atoms with Crippen molar-refractivity contribution in [2.24, 2.45) is 5.73 Å². The van der Waals surface area contributed by atoms with Gasteiger partial charge in [0.25, 0.3) is 0 Å². The lowest BCUT2D eigenvalue weighted by atomic mass is 10.0. The van der Waals surface area contributed by atoms with E-state index in [2.05, 4.69) is 86.8 Å². The molecule has 0 fully saturated rings. The van der Waals surface area contributed by atoms with Gasteiger partial charge < -0.3 is 20.1 Å². The van der Waals surface area contributed by atoms with E-state index in [4.69, 9.17) is 24.3 Å². The Hall–Kier alpha value is -2.55. The van der Waals surface area contributed by atoms with Crippen LogP contribution in [0.5, 0.6) is 0 Å². The van der Waals surface area contributed by atoms with E-state index in [0.29, 0.717) is 6.42 Å². The summed E-state index contributed by atoms with van der Waals surface area (Å²) in [6, 6.07) is 0. The molecule has 0 aromatic heterocycles. The Morgan fingerprint density at radius 1 is 0.356 bits per heavy atom. The SMILES string of the molecule is CC/C=C\C/C=C\C/C=C\C/C=C\C/C=C\C/C=C\CCCCCCCCCCCCCCCCCCCCCCCCC(=O)OC(COC(=O)CCCCCCCCCCCCCCCCCCCCCCCCCCC)COP(=O)(O)OCCN. The molecule has 508 valence electrons. The normalized spacial score (nSPS) is 13.3. The largest absolute Gasteiger partial charge is 0.472 e. The van der Waals surface area contributed by atoms with Crippen LogP contribution in [0.3, 0.4) is 0 Å². The molecule has 0 radical (unpaired) electrons. The van der Waals surface area contributed by atoms with Crippen LogP contribution in [0.2, 0.25) is 0 Å². The number of phosphoric acid groups is 1. The van der Waals surface area contributed by atoms with Gasteiger partial charge in [-0.3, -0.25) is 18.6 Å². The number of carbonyl (C=O) groups excluding carboxylic acids is 2. The molecule has 0 aromatic rings. The lowest BCUT2D eigenvalue weighted by molar-refractivity contribution is -0.161. The highest BCUT2D eigenvalue weighted by Crippen LogP contribution is 2.43. The van der Waals surface area contributed by atoms with E-state index in [1.54, 1.807) is 0 Å². The number of esters is 2. The first kappa shape index (κ1) is 84.5. The van der Waals surface area contributed by atoms with Crippen molar-refractivity contribution < 1.29 is 37.6 Å². The Morgan fingerprint density at radius 2 is 0.632 bits per heavy atom.